The zero-order chi connectivity index (χ0) is 10.1. The van der Waals surface area contributed by atoms with E-state index in [1.165, 1.54) is 6.92 Å². The molecule has 0 radical (unpaired) electrons. The molecule has 1 aromatic carbocycles. The first-order valence-corrected chi connectivity index (χ1v) is 4.35. The standard InChI is InChI=1S/C12H8O2/c1-8(13)9-6-7-12(14)11-5-3-2-4-10(9)11/h2-5,9H,1H3. The second-order valence-corrected chi connectivity index (χ2v) is 3.23. The molecule has 0 aliphatic heterocycles. The van der Waals surface area contributed by atoms with Gasteiger partial charge in [-0.1, -0.05) is 30.2 Å². The lowest BCUT2D eigenvalue weighted by molar-refractivity contribution is -0.117. The van der Waals surface area contributed by atoms with Crippen LogP contribution in [0.1, 0.15) is 28.8 Å². The van der Waals surface area contributed by atoms with Crippen LogP contribution in [0, 0.1) is 11.8 Å². The highest BCUT2D eigenvalue weighted by Gasteiger charge is 2.23. The second-order valence-electron chi connectivity index (χ2n) is 3.23. The maximum atomic E-state index is 11.4. The summed E-state index contributed by atoms with van der Waals surface area (Å²) in [4.78, 5) is 22.6. The van der Waals surface area contributed by atoms with E-state index in [4.69, 9.17) is 0 Å². The van der Waals surface area contributed by atoms with Crippen LogP contribution in [0.2, 0.25) is 0 Å². The summed E-state index contributed by atoms with van der Waals surface area (Å²) < 4.78 is 0. The van der Waals surface area contributed by atoms with Gasteiger partial charge in [0.25, 0.3) is 0 Å². The first kappa shape index (κ1) is 8.71. The summed E-state index contributed by atoms with van der Waals surface area (Å²) in [7, 11) is 0. The molecule has 0 heterocycles. The summed E-state index contributed by atoms with van der Waals surface area (Å²) in [5.74, 6) is 4.50. The van der Waals surface area contributed by atoms with Crippen molar-refractivity contribution in [2.24, 2.45) is 0 Å². The molecule has 2 heteroatoms. The van der Waals surface area contributed by atoms with Crippen molar-refractivity contribution in [3.8, 4) is 11.8 Å². The summed E-state index contributed by atoms with van der Waals surface area (Å²) in [5.41, 5.74) is 1.30. The van der Waals surface area contributed by atoms with Gasteiger partial charge in [-0.25, -0.2) is 0 Å². The number of benzene rings is 1. The third-order valence-electron chi connectivity index (χ3n) is 2.25. The molecule has 1 aliphatic carbocycles. The van der Waals surface area contributed by atoms with E-state index < -0.39 is 5.92 Å². The Balaban J connectivity index is 2.62. The Labute approximate surface area is 81.9 Å². The highest BCUT2D eigenvalue weighted by molar-refractivity contribution is 6.13. The van der Waals surface area contributed by atoms with Gasteiger partial charge in [0.1, 0.15) is 11.7 Å². The smallest absolute Gasteiger partial charge is 0.236 e. The van der Waals surface area contributed by atoms with Crippen LogP contribution in [0.25, 0.3) is 0 Å². The van der Waals surface area contributed by atoms with E-state index in [0.717, 1.165) is 5.56 Å². The van der Waals surface area contributed by atoms with E-state index in [2.05, 4.69) is 11.8 Å². The number of carbonyl (C=O) groups excluding carboxylic acids is 2. The molecule has 2 rings (SSSR count). The van der Waals surface area contributed by atoms with Gasteiger partial charge in [0.15, 0.2) is 0 Å². The topological polar surface area (TPSA) is 34.1 Å². The van der Waals surface area contributed by atoms with Crippen LogP contribution < -0.4 is 0 Å². The van der Waals surface area contributed by atoms with Crippen molar-refractivity contribution in [2.75, 3.05) is 0 Å². The first-order chi connectivity index (χ1) is 6.70. The third kappa shape index (κ3) is 1.23. The predicted octanol–water partition coefficient (Wildman–Crippen LogP) is 1.56. The van der Waals surface area contributed by atoms with Crippen LogP contribution in [0.5, 0.6) is 0 Å². The van der Waals surface area contributed by atoms with E-state index in [1.807, 2.05) is 6.07 Å². The molecule has 0 saturated heterocycles. The SMILES string of the molecule is CC(=O)C1C#CC(=O)c2ccccc21. The summed E-state index contributed by atoms with van der Waals surface area (Å²) in [6.45, 7) is 1.49. The molecule has 0 amide bonds. The molecule has 2 nitrogen and oxygen atoms in total. The average molecular weight is 184 g/mol. The summed E-state index contributed by atoms with van der Waals surface area (Å²) >= 11 is 0. The number of hydrogen-bond donors (Lipinski definition) is 0. The minimum Gasteiger partial charge on any atom is -0.298 e. The maximum absolute atomic E-state index is 11.4. The number of rotatable bonds is 1. The molecule has 1 aliphatic rings. The molecule has 68 valence electrons. The van der Waals surface area contributed by atoms with Gasteiger partial charge >= 0.3 is 0 Å². The van der Waals surface area contributed by atoms with Crippen LogP contribution in [0.3, 0.4) is 0 Å². The molecule has 0 N–H and O–H groups in total. The van der Waals surface area contributed by atoms with Crippen LogP contribution in [-0.2, 0) is 4.79 Å². The number of Topliss-reactive ketones (excluding diaryl/α,β-unsaturated/α-hetero) is 2. The van der Waals surface area contributed by atoms with Crippen LogP contribution in [0.4, 0.5) is 0 Å². The average Bonchev–Trinajstić information content (AvgIpc) is 2.18. The van der Waals surface area contributed by atoms with Crippen LogP contribution >= 0.6 is 0 Å². The Kier molecular flexibility index (Phi) is 1.94. The molecule has 14 heavy (non-hydrogen) atoms. The van der Waals surface area contributed by atoms with Crippen LogP contribution in [0.15, 0.2) is 24.3 Å². The van der Waals surface area contributed by atoms with Crippen molar-refractivity contribution in [3.63, 3.8) is 0 Å². The van der Waals surface area contributed by atoms with Crippen LogP contribution in [-0.4, -0.2) is 11.6 Å². The van der Waals surface area contributed by atoms with Gasteiger partial charge in [-0.05, 0) is 18.4 Å². The van der Waals surface area contributed by atoms with E-state index in [-0.39, 0.29) is 11.6 Å². The van der Waals surface area contributed by atoms with Gasteiger partial charge in [0.05, 0.1) is 0 Å². The molecular formula is C12H8O2. The summed E-state index contributed by atoms with van der Waals surface area (Å²) in [6, 6.07) is 7.09. The first-order valence-electron chi connectivity index (χ1n) is 4.35. The van der Waals surface area contributed by atoms with Gasteiger partial charge in [-0.15, -0.1) is 0 Å². The Morgan fingerprint density at radius 2 is 2.07 bits per heavy atom. The van der Waals surface area contributed by atoms with Gasteiger partial charge < -0.3 is 0 Å². The molecule has 1 unspecified atom stereocenters. The number of fused-ring (bicyclic) bond motifs is 1. The van der Waals surface area contributed by atoms with Crippen molar-refractivity contribution in [2.45, 2.75) is 12.8 Å². The molecule has 0 aromatic heterocycles. The molecule has 1 atom stereocenters. The zero-order valence-electron chi connectivity index (χ0n) is 7.70. The lowest BCUT2D eigenvalue weighted by Crippen LogP contribution is -2.15. The minimum atomic E-state index is -0.427. The number of hydrogen-bond acceptors (Lipinski definition) is 2. The Morgan fingerprint density at radius 3 is 2.79 bits per heavy atom. The fourth-order valence-electron chi connectivity index (χ4n) is 1.56. The molecular weight excluding hydrogens is 176 g/mol. The Morgan fingerprint density at radius 1 is 1.36 bits per heavy atom. The summed E-state index contributed by atoms with van der Waals surface area (Å²) in [5, 5.41) is 0. The van der Waals surface area contributed by atoms with E-state index in [1.54, 1.807) is 18.2 Å². The lowest BCUT2D eigenvalue weighted by atomic mass is 9.87. The van der Waals surface area contributed by atoms with Gasteiger partial charge in [0.2, 0.25) is 5.78 Å². The molecule has 0 fully saturated rings. The zero-order valence-corrected chi connectivity index (χ0v) is 7.70. The number of ketones is 2. The van der Waals surface area contributed by atoms with E-state index in [0.29, 0.717) is 5.56 Å². The quantitative estimate of drug-likeness (QED) is 0.490. The van der Waals surface area contributed by atoms with Crippen molar-refractivity contribution in [1.82, 2.24) is 0 Å². The molecule has 0 saturated carbocycles. The van der Waals surface area contributed by atoms with E-state index >= 15 is 0 Å². The lowest BCUT2D eigenvalue weighted by Gasteiger charge is -2.13. The highest BCUT2D eigenvalue weighted by atomic mass is 16.1. The maximum Gasteiger partial charge on any atom is 0.236 e. The predicted molar refractivity (Wildman–Crippen MR) is 52.0 cm³/mol. The van der Waals surface area contributed by atoms with Gasteiger partial charge in [-0.2, -0.15) is 0 Å². The molecule has 0 spiro atoms. The second kappa shape index (κ2) is 3.12. The van der Waals surface area contributed by atoms with Crippen molar-refractivity contribution < 1.29 is 9.59 Å². The van der Waals surface area contributed by atoms with Crippen molar-refractivity contribution in [3.05, 3.63) is 35.4 Å². The summed E-state index contributed by atoms with van der Waals surface area (Å²) in [6.07, 6.45) is 0. The molecule has 1 aromatic rings. The fraction of sp³-hybridized carbons (Fsp3) is 0.167. The monoisotopic (exact) mass is 184 g/mol. The van der Waals surface area contributed by atoms with Gasteiger partial charge in [-0.3, -0.25) is 9.59 Å². The Bertz CT molecular complexity index is 475. The normalized spacial score (nSPS) is 18.1. The Hall–Kier alpha value is -1.88. The minimum absolute atomic E-state index is 0.0162. The van der Waals surface area contributed by atoms with E-state index in [9.17, 15) is 9.59 Å². The third-order valence-corrected chi connectivity index (χ3v) is 2.25. The highest BCUT2D eigenvalue weighted by Crippen LogP contribution is 2.23. The van der Waals surface area contributed by atoms with Crippen molar-refractivity contribution >= 4 is 11.6 Å². The van der Waals surface area contributed by atoms with Crippen molar-refractivity contribution in [1.29, 1.82) is 0 Å². The fourth-order valence-corrected chi connectivity index (χ4v) is 1.56. The van der Waals surface area contributed by atoms with Gasteiger partial charge in [0, 0.05) is 5.56 Å². The number of carbonyl (C=O) groups is 2. The largest absolute Gasteiger partial charge is 0.298 e. The molecule has 0 bridgehead atoms.